The van der Waals surface area contributed by atoms with E-state index in [0.717, 1.165) is 13.0 Å². The highest BCUT2D eigenvalue weighted by Crippen LogP contribution is 2.29. The van der Waals surface area contributed by atoms with Crippen molar-refractivity contribution >= 4 is 34.2 Å². The Morgan fingerprint density at radius 2 is 2.24 bits per heavy atom. The minimum atomic E-state index is -0.358. The molecule has 0 bridgehead atoms. The van der Waals surface area contributed by atoms with Gasteiger partial charge in [-0.15, -0.1) is 12.4 Å². The molecule has 1 aromatic carbocycles. The summed E-state index contributed by atoms with van der Waals surface area (Å²) in [6.07, 6.45) is 2.32. The lowest BCUT2D eigenvalue weighted by Crippen LogP contribution is -2.52. The lowest BCUT2D eigenvalue weighted by atomic mass is 9.77. The number of nitrogens with one attached hydrogen (secondary N) is 2. The lowest BCUT2D eigenvalue weighted by molar-refractivity contribution is 0.0928. The Bertz CT molecular complexity index is 510. The van der Waals surface area contributed by atoms with Gasteiger partial charge in [0, 0.05) is 17.1 Å². The normalized spacial score (nSPS) is 20.5. The van der Waals surface area contributed by atoms with E-state index in [-0.39, 0.29) is 35.6 Å². The summed E-state index contributed by atoms with van der Waals surface area (Å²) in [4.78, 5) is 12.1. The van der Waals surface area contributed by atoms with Gasteiger partial charge >= 0.3 is 0 Å². The van der Waals surface area contributed by atoms with E-state index in [9.17, 15) is 9.18 Å². The summed E-state index contributed by atoms with van der Waals surface area (Å²) in [5.41, 5.74) is 0.631. The molecule has 118 valence electrons. The Hall–Kier alpha value is -0.650. The number of hydrogen-bond acceptors (Lipinski definition) is 2. The fourth-order valence-corrected chi connectivity index (χ4v) is 3.11. The van der Waals surface area contributed by atoms with Crippen molar-refractivity contribution in [1.29, 1.82) is 0 Å². The molecule has 1 aromatic rings. The Morgan fingerprint density at radius 3 is 2.86 bits per heavy atom. The standard InChI is InChI=1S/C15H20BrFN2O.ClH/c1-15(2)6-3-7-18-13(15)9-19-14(20)11-5-4-10(17)8-12(11)16;/h4-5,8,13,18H,3,6-7,9H2,1-2H3,(H,19,20);1H. The zero-order chi connectivity index (χ0) is 14.8. The Morgan fingerprint density at radius 1 is 1.52 bits per heavy atom. The molecular weight excluding hydrogens is 359 g/mol. The van der Waals surface area contributed by atoms with Gasteiger partial charge in [0.2, 0.25) is 0 Å². The third kappa shape index (κ3) is 4.66. The predicted octanol–water partition coefficient (Wildman–Crippen LogP) is 3.52. The highest BCUT2D eigenvalue weighted by Gasteiger charge is 2.32. The second-order valence-electron chi connectivity index (χ2n) is 5.93. The summed E-state index contributed by atoms with van der Waals surface area (Å²) in [6.45, 7) is 5.99. The number of benzene rings is 1. The zero-order valence-electron chi connectivity index (χ0n) is 12.2. The molecule has 0 aliphatic carbocycles. The minimum absolute atomic E-state index is 0. The van der Waals surface area contributed by atoms with Crippen molar-refractivity contribution in [3.8, 4) is 0 Å². The van der Waals surface area contributed by atoms with Crippen LogP contribution in [0.1, 0.15) is 37.0 Å². The van der Waals surface area contributed by atoms with Gasteiger partial charge in [-0.25, -0.2) is 4.39 Å². The topological polar surface area (TPSA) is 41.1 Å². The summed E-state index contributed by atoms with van der Waals surface area (Å²) in [5, 5.41) is 6.38. The molecule has 1 saturated heterocycles. The number of hydrogen-bond donors (Lipinski definition) is 2. The number of carbonyl (C=O) groups is 1. The fourth-order valence-electron chi connectivity index (χ4n) is 2.58. The SMILES string of the molecule is CC1(C)CCCNC1CNC(=O)c1ccc(F)cc1Br.Cl. The van der Waals surface area contributed by atoms with Crippen molar-refractivity contribution in [2.45, 2.75) is 32.7 Å². The van der Waals surface area contributed by atoms with Crippen molar-refractivity contribution in [2.75, 3.05) is 13.1 Å². The Kier molecular flexibility index (Phi) is 6.63. The molecule has 1 amide bonds. The van der Waals surface area contributed by atoms with Crippen LogP contribution >= 0.6 is 28.3 Å². The Balaban J connectivity index is 0.00000220. The predicted molar refractivity (Wildman–Crippen MR) is 88.5 cm³/mol. The average Bonchev–Trinajstić information content (AvgIpc) is 2.36. The monoisotopic (exact) mass is 378 g/mol. The lowest BCUT2D eigenvalue weighted by Gasteiger charge is -2.39. The van der Waals surface area contributed by atoms with Crippen molar-refractivity contribution in [3.63, 3.8) is 0 Å². The molecule has 1 aliphatic rings. The number of rotatable bonds is 3. The van der Waals surface area contributed by atoms with Crippen LogP contribution in [0.15, 0.2) is 22.7 Å². The first kappa shape index (κ1) is 18.4. The van der Waals surface area contributed by atoms with E-state index in [0.29, 0.717) is 16.6 Å². The highest BCUT2D eigenvalue weighted by molar-refractivity contribution is 9.10. The maximum absolute atomic E-state index is 13.0. The molecule has 2 rings (SSSR count). The van der Waals surface area contributed by atoms with Gasteiger partial charge in [0.15, 0.2) is 0 Å². The molecule has 1 atom stereocenters. The molecule has 1 aliphatic heterocycles. The first-order chi connectivity index (χ1) is 9.40. The maximum Gasteiger partial charge on any atom is 0.252 e. The van der Waals surface area contributed by atoms with Crippen LogP contribution < -0.4 is 10.6 Å². The maximum atomic E-state index is 13.0. The van der Waals surface area contributed by atoms with E-state index in [1.54, 1.807) is 0 Å². The molecule has 21 heavy (non-hydrogen) atoms. The smallest absolute Gasteiger partial charge is 0.252 e. The molecule has 2 N–H and O–H groups in total. The number of halogens is 3. The fraction of sp³-hybridized carbons (Fsp3) is 0.533. The molecule has 0 spiro atoms. The minimum Gasteiger partial charge on any atom is -0.350 e. The van der Waals surface area contributed by atoms with Gasteiger partial charge < -0.3 is 10.6 Å². The van der Waals surface area contributed by atoms with Gasteiger partial charge in [-0.2, -0.15) is 0 Å². The third-order valence-electron chi connectivity index (χ3n) is 3.97. The molecule has 0 saturated carbocycles. The van der Waals surface area contributed by atoms with Crippen LogP contribution in [-0.2, 0) is 0 Å². The first-order valence-corrected chi connectivity index (χ1v) is 7.66. The van der Waals surface area contributed by atoms with Crippen molar-refractivity contribution in [1.82, 2.24) is 10.6 Å². The van der Waals surface area contributed by atoms with Crippen molar-refractivity contribution in [2.24, 2.45) is 5.41 Å². The van der Waals surface area contributed by atoms with Crippen LogP contribution in [0.2, 0.25) is 0 Å². The molecule has 0 radical (unpaired) electrons. The quantitative estimate of drug-likeness (QED) is 0.844. The van der Waals surface area contributed by atoms with Crippen LogP contribution in [0.25, 0.3) is 0 Å². The van der Waals surface area contributed by atoms with E-state index in [4.69, 9.17) is 0 Å². The van der Waals surface area contributed by atoms with Crippen LogP contribution in [0.3, 0.4) is 0 Å². The average molecular weight is 380 g/mol. The summed E-state index contributed by atoms with van der Waals surface area (Å²) in [5.74, 6) is -0.538. The molecule has 6 heteroatoms. The zero-order valence-corrected chi connectivity index (χ0v) is 14.6. The molecule has 1 fully saturated rings. The molecule has 1 heterocycles. The van der Waals surface area contributed by atoms with Gasteiger partial charge in [0.25, 0.3) is 5.91 Å². The summed E-state index contributed by atoms with van der Waals surface area (Å²) < 4.78 is 13.5. The van der Waals surface area contributed by atoms with E-state index in [1.165, 1.54) is 24.6 Å². The van der Waals surface area contributed by atoms with Crippen molar-refractivity contribution in [3.05, 3.63) is 34.1 Å². The molecule has 0 aromatic heterocycles. The first-order valence-electron chi connectivity index (χ1n) is 6.87. The van der Waals surface area contributed by atoms with E-state index >= 15 is 0 Å². The summed E-state index contributed by atoms with van der Waals surface area (Å²) >= 11 is 3.22. The van der Waals surface area contributed by atoms with Crippen molar-refractivity contribution < 1.29 is 9.18 Å². The summed E-state index contributed by atoms with van der Waals surface area (Å²) in [7, 11) is 0. The van der Waals surface area contributed by atoms with E-state index < -0.39 is 0 Å². The molecule has 3 nitrogen and oxygen atoms in total. The second kappa shape index (κ2) is 7.56. The summed E-state index contributed by atoms with van der Waals surface area (Å²) in [6, 6.07) is 4.35. The molecular formula is C15H21BrClFN2O. The van der Waals surface area contributed by atoms with Crippen LogP contribution in [0.4, 0.5) is 4.39 Å². The van der Waals surface area contributed by atoms with Crippen LogP contribution in [0, 0.1) is 11.2 Å². The third-order valence-corrected chi connectivity index (χ3v) is 4.63. The largest absolute Gasteiger partial charge is 0.350 e. The number of piperidine rings is 1. The van der Waals surface area contributed by atoms with E-state index in [2.05, 4.69) is 40.4 Å². The highest BCUT2D eigenvalue weighted by atomic mass is 79.9. The Labute approximate surface area is 139 Å². The van der Waals surface area contributed by atoms with Gasteiger partial charge in [0.05, 0.1) is 5.56 Å². The van der Waals surface area contributed by atoms with Gasteiger partial charge in [-0.1, -0.05) is 13.8 Å². The van der Waals surface area contributed by atoms with Crippen LogP contribution in [0.5, 0.6) is 0 Å². The van der Waals surface area contributed by atoms with Gasteiger partial charge in [-0.05, 0) is 58.9 Å². The second-order valence-corrected chi connectivity index (χ2v) is 6.79. The van der Waals surface area contributed by atoms with Gasteiger partial charge in [0.1, 0.15) is 5.82 Å². The number of carbonyl (C=O) groups excluding carboxylic acids is 1. The van der Waals surface area contributed by atoms with Gasteiger partial charge in [-0.3, -0.25) is 4.79 Å². The van der Waals surface area contributed by atoms with E-state index in [1.807, 2.05) is 0 Å². The molecule has 1 unspecified atom stereocenters. The number of amides is 1. The van der Waals surface area contributed by atoms with Crippen LogP contribution in [-0.4, -0.2) is 25.0 Å².